The van der Waals surface area contributed by atoms with Crippen molar-refractivity contribution in [1.82, 2.24) is 9.78 Å². The molecule has 2 rings (SSSR count). The first kappa shape index (κ1) is 13.6. The number of hydrogen-bond donors (Lipinski definition) is 1. The first-order valence-electron chi connectivity index (χ1n) is 5.72. The van der Waals surface area contributed by atoms with Crippen molar-refractivity contribution >= 4 is 21.6 Å². The van der Waals surface area contributed by atoms with Gasteiger partial charge in [-0.3, -0.25) is 4.79 Å². The molecule has 0 saturated carbocycles. The highest BCUT2D eigenvalue weighted by Crippen LogP contribution is 2.16. The van der Waals surface area contributed by atoms with E-state index in [2.05, 4.69) is 26.3 Å². The molecular formula is C13H14BrN3O2. The quantitative estimate of drug-likeness (QED) is 0.936. The fourth-order valence-electron chi connectivity index (χ4n) is 1.66. The van der Waals surface area contributed by atoms with Crippen molar-refractivity contribution in [2.24, 2.45) is 0 Å². The Morgan fingerprint density at radius 2 is 2.05 bits per heavy atom. The number of methoxy groups -OCH3 is 1. The number of benzene rings is 1. The van der Waals surface area contributed by atoms with Crippen molar-refractivity contribution < 1.29 is 4.74 Å². The van der Waals surface area contributed by atoms with Gasteiger partial charge in [-0.2, -0.15) is 5.10 Å². The summed E-state index contributed by atoms with van der Waals surface area (Å²) in [6.07, 6.45) is 1.62. The monoisotopic (exact) mass is 323 g/mol. The summed E-state index contributed by atoms with van der Waals surface area (Å²) < 4.78 is 6.99. The SMILES string of the molecule is CNc1cnn(Cc2ccc(OC)cc2)c(=O)c1Br. The molecule has 2 aromatic rings. The number of rotatable bonds is 4. The summed E-state index contributed by atoms with van der Waals surface area (Å²) >= 11 is 3.27. The van der Waals surface area contributed by atoms with Gasteiger partial charge in [0.25, 0.3) is 5.56 Å². The lowest BCUT2D eigenvalue weighted by Crippen LogP contribution is -2.24. The highest BCUT2D eigenvalue weighted by molar-refractivity contribution is 9.10. The molecule has 100 valence electrons. The van der Waals surface area contributed by atoms with Crippen LogP contribution in [0.25, 0.3) is 0 Å². The predicted molar refractivity (Wildman–Crippen MR) is 77.8 cm³/mol. The fourth-order valence-corrected chi connectivity index (χ4v) is 2.16. The third kappa shape index (κ3) is 2.96. The van der Waals surface area contributed by atoms with Gasteiger partial charge < -0.3 is 10.1 Å². The minimum Gasteiger partial charge on any atom is -0.497 e. The molecule has 0 bridgehead atoms. The average Bonchev–Trinajstić information content (AvgIpc) is 2.45. The third-order valence-corrected chi connectivity index (χ3v) is 3.51. The molecule has 5 nitrogen and oxygen atoms in total. The van der Waals surface area contributed by atoms with Crippen LogP contribution >= 0.6 is 15.9 Å². The maximum atomic E-state index is 12.1. The Morgan fingerprint density at radius 1 is 1.37 bits per heavy atom. The lowest BCUT2D eigenvalue weighted by molar-refractivity contribution is 0.414. The second-order valence-electron chi connectivity index (χ2n) is 3.93. The van der Waals surface area contributed by atoms with Crippen LogP contribution in [-0.2, 0) is 6.54 Å². The normalized spacial score (nSPS) is 10.3. The molecule has 19 heavy (non-hydrogen) atoms. The molecule has 0 atom stereocenters. The van der Waals surface area contributed by atoms with E-state index in [9.17, 15) is 4.79 Å². The Morgan fingerprint density at radius 3 is 2.63 bits per heavy atom. The molecule has 1 aromatic heterocycles. The zero-order chi connectivity index (χ0) is 13.8. The number of ether oxygens (including phenoxy) is 1. The first-order valence-corrected chi connectivity index (χ1v) is 6.51. The van der Waals surface area contributed by atoms with Crippen molar-refractivity contribution in [3.63, 3.8) is 0 Å². The van der Waals surface area contributed by atoms with E-state index in [1.807, 2.05) is 24.3 Å². The Balaban J connectivity index is 2.28. The van der Waals surface area contributed by atoms with Gasteiger partial charge in [0.2, 0.25) is 0 Å². The Hall–Kier alpha value is -1.82. The standard InChI is InChI=1S/C13H14BrN3O2/c1-15-11-7-16-17(13(18)12(11)14)8-9-3-5-10(19-2)6-4-9/h3-7,15H,8H2,1-2H3. The molecule has 0 saturated heterocycles. The van der Waals surface area contributed by atoms with Gasteiger partial charge in [0, 0.05) is 7.05 Å². The van der Waals surface area contributed by atoms with Crippen LogP contribution in [0.4, 0.5) is 5.69 Å². The maximum absolute atomic E-state index is 12.1. The zero-order valence-corrected chi connectivity index (χ0v) is 12.3. The van der Waals surface area contributed by atoms with Crippen molar-refractivity contribution in [1.29, 1.82) is 0 Å². The molecule has 0 radical (unpaired) electrons. The third-order valence-electron chi connectivity index (χ3n) is 2.75. The number of nitrogens with one attached hydrogen (secondary N) is 1. The van der Waals surface area contributed by atoms with E-state index in [-0.39, 0.29) is 5.56 Å². The van der Waals surface area contributed by atoms with Crippen molar-refractivity contribution in [2.75, 3.05) is 19.5 Å². The molecule has 1 aromatic carbocycles. The Labute approximate surface area is 119 Å². The van der Waals surface area contributed by atoms with E-state index >= 15 is 0 Å². The summed E-state index contributed by atoms with van der Waals surface area (Å²) in [5.74, 6) is 0.788. The number of hydrogen-bond acceptors (Lipinski definition) is 4. The summed E-state index contributed by atoms with van der Waals surface area (Å²) in [6, 6.07) is 7.54. The topological polar surface area (TPSA) is 56.1 Å². The van der Waals surface area contributed by atoms with Crippen molar-refractivity contribution in [3.05, 3.63) is 50.9 Å². The second kappa shape index (κ2) is 5.88. The van der Waals surface area contributed by atoms with Gasteiger partial charge in [-0.1, -0.05) is 12.1 Å². The molecule has 0 aliphatic heterocycles. The van der Waals surface area contributed by atoms with Crippen LogP contribution in [0.5, 0.6) is 5.75 Å². The van der Waals surface area contributed by atoms with Crippen LogP contribution in [0.3, 0.4) is 0 Å². The van der Waals surface area contributed by atoms with Gasteiger partial charge in [0.1, 0.15) is 10.2 Å². The lowest BCUT2D eigenvalue weighted by Gasteiger charge is -2.08. The van der Waals surface area contributed by atoms with E-state index in [0.29, 0.717) is 16.7 Å². The van der Waals surface area contributed by atoms with Crippen molar-refractivity contribution in [3.8, 4) is 5.75 Å². The van der Waals surface area contributed by atoms with E-state index < -0.39 is 0 Å². The predicted octanol–water partition coefficient (Wildman–Crippen LogP) is 2.10. The minimum atomic E-state index is -0.164. The van der Waals surface area contributed by atoms with Crippen LogP contribution in [0.15, 0.2) is 39.7 Å². The van der Waals surface area contributed by atoms with Crippen LogP contribution in [0.2, 0.25) is 0 Å². The van der Waals surface area contributed by atoms with Crippen LogP contribution in [0, 0.1) is 0 Å². The van der Waals surface area contributed by atoms with Crippen molar-refractivity contribution in [2.45, 2.75) is 6.54 Å². The fraction of sp³-hybridized carbons (Fsp3) is 0.231. The summed E-state index contributed by atoms with van der Waals surface area (Å²) in [4.78, 5) is 12.1. The number of aromatic nitrogens is 2. The van der Waals surface area contributed by atoms with E-state index in [1.54, 1.807) is 20.4 Å². The average molecular weight is 324 g/mol. The van der Waals surface area contributed by atoms with E-state index in [4.69, 9.17) is 4.74 Å². The summed E-state index contributed by atoms with van der Waals surface area (Å²) in [5.41, 5.74) is 1.50. The molecule has 0 aliphatic rings. The summed E-state index contributed by atoms with van der Waals surface area (Å²) in [5, 5.41) is 7.03. The summed E-state index contributed by atoms with van der Waals surface area (Å²) in [6.45, 7) is 0.422. The number of anilines is 1. The van der Waals surface area contributed by atoms with Gasteiger partial charge in [-0.25, -0.2) is 4.68 Å². The van der Waals surface area contributed by atoms with Crippen LogP contribution < -0.4 is 15.6 Å². The first-order chi connectivity index (χ1) is 9.15. The molecule has 6 heteroatoms. The highest BCUT2D eigenvalue weighted by atomic mass is 79.9. The van der Waals surface area contributed by atoms with Crippen LogP contribution in [0.1, 0.15) is 5.56 Å². The van der Waals surface area contributed by atoms with E-state index in [0.717, 1.165) is 11.3 Å². The molecule has 1 heterocycles. The second-order valence-corrected chi connectivity index (χ2v) is 4.73. The Kier molecular flexibility index (Phi) is 4.21. The van der Waals surface area contributed by atoms with Gasteiger partial charge in [-0.15, -0.1) is 0 Å². The van der Waals surface area contributed by atoms with Gasteiger partial charge in [0.05, 0.1) is 25.5 Å². The lowest BCUT2D eigenvalue weighted by atomic mass is 10.2. The number of halogens is 1. The van der Waals surface area contributed by atoms with Gasteiger partial charge in [-0.05, 0) is 33.6 Å². The maximum Gasteiger partial charge on any atom is 0.283 e. The minimum absolute atomic E-state index is 0.164. The largest absolute Gasteiger partial charge is 0.497 e. The molecule has 0 spiro atoms. The smallest absolute Gasteiger partial charge is 0.283 e. The highest BCUT2D eigenvalue weighted by Gasteiger charge is 2.07. The van der Waals surface area contributed by atoms with Gasteiger partial charge >= 0.3 is 0 Å². The zero-order valence-electron chi connectivity index (χ0n) is 10.7. The molecule has 0 fully saturated rings. The Bertz CT molecular complexity index is 623. The van der Waals surface area contributed by atoms with E-state index in [1.165, 1.54) is 4.68 Å². The molecule has 1 N–H and O–H groups in total. The van der Waals surface area contributed by atoms with Crippen LogP contribution in [-0.4, -0.2) is 23.9 Å². The number of nitrogens with zero attached hydrogens (tertiary/aromatic N) is 2. The molecular weight excluding hydrogens is 310 g/mol. The summed E-state index contributed by atoms with van der Waals surface area (Å²) in [7, 11) is 3.36. The molecule has 0 unspecified atom stereocenters. The van der Waals surface area contributed by atoms with Gasteiger partial charge in [0.15, 0.2) is 0 Å². The molecule has 0 amide bonds. The molecule has 0 aliphatic carbocycles.